The average molecular weight is 414 g/mol. The van der Waals surface area contributed by atoms with Gasteiger partial charge in [0.1, 0.15) is 18.1 Å². The van der Waals surface area contributed by atoms with E-state index in [9.17, 15) is 13.2 Å². The molecule has 0 aromatic heterocycles. The van der Waals surface area contributed by atoms with Crippen LogP contribution >= 0.6 is 11.6 Å². The summed E-state index contributed by atoms with van der Waals surface area (Å²) in [6.07, 6.45) is 1.82. The van der Waals surface area contributed by atoms with Crippen molar-refractivity contribution in [1.82, 2.24) is 0 Å². The van der Waals surface area contributed by atoms with Crippen LogP contribution in [0.3, 0.4) is 0 Å². The maximum atomic E-state index is 12.3. The second-order valence-electron chi connectivity index (χ2n) is 6.27. The second kappa shape index (κ2) is 11.0. The van der Waals surface area contributed by atoms with Gasteiger partial charge in [0.2, 0.25) is 0 Å². The lowest BCUT2D eigenvalue weighted by molar-refractivity contribution is -0.274. The first-order valence-corrected chi connectivity index (χ1v) is 9.52. The summed E-state index contributed by atoms with van der Waals surface area (Å²) in [4.78, 5) is 4.41. The normalized spacial score (nSPS) is 11.8. The van der Waals surface area contributed by atoms with E-state index in [0.29, 0.717) is 11.3 Å². The van der Waals surface area contributed by atoms with E-state index in [2.05, 4.69) is 16.7 Å². The van der Waals surface area contributed by atoms with Gasteiger partial charge >= 0.3 is 6.36 Å². The highest BCUT2D eigenvalue weighted by Crippen LogP contribution is 2.31. The summed E-state index contributed by atoms with van der Waals surface area (Å²) in [7, 11) is 0. The molecule has 0 saturated heterocycles. The van der Waals surface area contributed by atoms with Crippen molar-refractivity contribution in [1.29, 1.82) is 0 Å². The van der Waals surface area contributed by atoms with Gasteiger partial charge < -0.3 is 9.47 Å². The van der Waals surface area contributed by atoms with Crippen LogP contribution in [0, 0.1) is 0 Å². The lowest BCUT2D eigenvalue weighted by Gasteiger charge is -2.12. The first kappa shape index (κ1) is 22.1. The topological polar surface area (TPSA) is 30.8 Å². The predicted molar refractivity (Wildman–Crippen MR) is 106 cm³/mol. The molecule has 0 unspecified atom stereocenters. The van der Waals surface area contributed by atoms with E-state index in [4.69, 9.17) is 16.3 Å². The molecule has 0 atom stereocenters. The smallest absolute Gasteiger partial charge is 0.489 e. The van der Waals surface area contributed by atoms with Crippen molar-refractivity contribution >= 4 is 17.8 Å². The monoisotopic (exact) mass is 413 g/mol. The number of aliphatic imine (C=N–C) groups is 1. The minimum absolute atomic E-state index is 0.121. The van der Waals surface area contributed by atoms with Crippen LogP contribution in [0.2, 0.25) is 5.02 Å². The average Bonchev–Trinajstić information content (AvgIpc) is 2.65. The summed E-state index contributed by atoms with van der Waals surface area (Å²) in [5, 5.41) is -0.121. The molecular weight excluding hydrogens is 391 g/mol. The molecule has 0 bridgehead atoms. The van der Waals surface area contributed by atoms with Gasteiger partial charge in [0.25, 0.3) is 0 Å². The molecule has 0 spiro atoms. The zero-order valence-corrected chi connectivity index (χ0v) is 16.4. The highest BCUT2D eigenvalue weighted by Gasteiger charge is 2.32. The number of alkyl halides is 3. The van der Waals surface area contributed by atoms with Gasteiger partial charge in [0.05, 0.1) is 5.02 Å². The quantitative estimate of drug-likeness (QED) is 0.316. The Labute approximate surface area is 168 Å². The molecule has 2 rings (SSSR count). The fourth-order valence-corrected chi connectivity index (χ4v) is 2.70. The first-order chi connectivity index (χ1) is 13.4. The summed E-state index contributed by atoms with van der Waals surface area (Å²) in [6, 6.07) is 11.5. The number of benzene rings is 2. The second-order valence-corrected chi connectivity index (χ2v) is 6.67. The minimum Gasteiger partial charge on any atom is -0.489 e. The molecule has 2 aromatic carbocycles. The van der Waals surface area contributed by atoms with Crippen molar-refractivity contribution in [3.63, 3.8) is 0 Å². The Morgan fingerprint density at radius 2 is 1.79 bits per heavy atom. The van der Waals surface area contributed by atoms with Crippen LogP contribution in [-0.4, -0.2) is 19.1 Å². The highest BCUT2D eigenvalue weighted by molar-refractivity contribution is 6.32. The molecule has 3 nitrogen and oxygen atoms in total. The lowest BCUT2D eigenvalue weighted by atomic mass is 10.2. The van der Waals surface area contributed by atoms with E-state index in [0.717, 1.165) is 18.5 Å². The molecule has 0 radical (unpaired) electrons. The van der Waals surface area contributed by atoms with Crippen molar-refractivity contribution in [3.05, 3.63) is 58.6 Å². The lowest BCUT2D eigenvalue weighted by Crippen LogP contribution is -2.17. The highest BCUT2D eigenvalue weighted by atomic mass is 35.5. The van der Waals surface area contributed by atoms with Crippen molar-refractivity contribution in [2.45, 2.75) is 45.6 Å². The number of hydrogen-bond acceptors (Lipinski definition) is 3. The van der Waals surface area contributed by atoms with Crippen molar-refractivity contribution < 1.29 is 22.6 Å². The maximum absolute atomic E-state index is 12.3. The SMILES string of the molecule is CCCCCCN=Cc1ccc(OCc2ccc(OC(F)(F)F)c(Cl)c2)cc1. The number of halogens is 4. The van der Waals surface area contributed by atoms with Gasteiger partial charge in [0.15, 0.2) is 0 Å². The molecule has 152 valence electrons. The van der Waals surface area contributed by atoms with Crippen LogP contribution in [0.4, 0.5) is 13.2 Å². The van der Waals surface area contributed by atoms with Crippen LogP contribution in [0.15, 0.2) is 47.5 Å². The molecule has 0 saturated carbocycles. The zero-order valence-electron chi connectivity index (χ0n) is 15.6. The number of unbranched alkanes of at least 4 members (excludes halogenated alkanes) is 3. The number of nitrogens with zero attached hydrogens (tertiary/aromatic N) is 1. The molecule has 0 aliphatic heterocycles. The molecule has 28 heavy (non-hydrogen) atoms. The first-order valence-electron chi connectivity index (χ1n) is 9.14. The van der Waals surface area contributed by atoms with Crippen molar-refractivity contribution in [2.75, 3.05) is 6.54 Å². The predicted octanol–water partition coefficient (Wildman–Crippen LogP) is 6.82. The fraction of sp³-hybridized carbons (Fsp3) is 0.381. The molecular formula is C21H23ClF3NO2. The van der Waals surface area contributed by atoms with Crippen LogP contribution in [0.1, 0.15) is 43.7 Å². The van der Waals surface area contributed by atoms with Gasteiger partial charge in [-0.05, 0) is 53.9 Å². The van der Waals surface area contributed by atoms with E-state index in [-0.39, 0.29) is 11.6 Å². The van der Waals surface area contributed by atoms with Crippen molar-refractivity contribution in [3.8, 4) is 11.5 Å². The van der Waals surface area contributed by atoms with Gasteiger partial charge in [-0.2, -0.15) is 0 Å². The Morgan fingerprint density at radius 3 is 2.43 bits per heavy atom. The Hall–Kier alpha value is -2.21. The van der Waals surface area contributed by atoms with Crippen molar-refractivity contribution in [2.24, 2.45) is 4.99 Å². The Bertz CT molecular complexity index is 761. The molecule has 7 heteroatoms. The molecule has 0 heterocycles. The van der Waals surface area contributed by atoms with Crippen LogP contribution in [-0.2, 0) is 6.61 Å². The van der Waals surface area contributed by atoms with Gasteiger partial charge in [-0.15, -0.1) is 13.2 Å². The molecule has 0 aliphatic carbocycles. The molecule has 0 aliphatic rings. The molecule has 2 aromatic rings. The van der Waals surface area contributed by atoms with Gasteiger partial charge in [-0.1, -0.05) is 43.9 Å². The molecule has 0 N–H and O–H groups in total. The zero-order chi connectivity index (χ0) is 20.4. The summed E-state index contributed by atoms with van der Waals surface area (Å²) in [5.41, 5.74) is 1.62. The Morgan fingerprint density at radius 1 is 1.04 bits per heavy atom. The Kier molecular flexibility index (Phi) is 8.64. The molecule has 0 amide bonds. The summed E-state index contributed by atoms with van der Waals surface area (Å²) in [5.74, 6) is 0.211. The van der Waals surface area contributed by atoms with E-state index in [1.807, 2.05) is 30.5 Å². The number of hydrogen-bond donors (Lipinski definition) is 0. The van der Waals surface area contributed by atoms with Gasteiger partial charge in [0, 0.05) is 12.8 Å². The van der Waals surface area contributed by atoms with Crippen LogP contribution in [0.25, 0.3) is 0 Å². The fourth-order valence-electron chi connectivity index (χ4n) is 2.46. The largest absolute Gasteiger partial charge is 0.573 e. The van der Waals surface area contributed by atoms with Crippen LogP contribution < -0.4 is 9.47 Å². The summed E-state index contributed by atoms with van der Waals surface area (Å²) in [6.45, 7) is 3.18. The third kappa shape index (κ3) is 8.21. The van der Waals surface area contributed by atoms with Crippen LogP contribution in [0.5, 0.6) is 11.5 Å². The number of rotatable bonds is 10. The van der Waals surface area contributed by atoms with E-state index < -0.39 is 12.1 Å². The summed E-state index contributed by atoms with van der Waals surface area (Å²) >= 11 is 5.83. The molecule has 0 fully saturated rings. The Balaban J connectivity index is 1.83. The standard InChI is InChI=1S/C21H23ClF3NO2/c1-2-3-4-5-12-26-14-16-6-9-18(10-7-16)27-15-17-8-11-20(19(22)13-17)28-21(23,24)25/h6-11,13-14H,2-5,12,15H2,1H3. The third-order valence-corrected chi connectivity index (χ3v) is 4.18. The number of ether oxygens (including phenoxy) is 2. The van der Waals surface area contributed by atoms with E-state index >= 15 is 0 Å². The minimum atomic E-state index is -4.78. The van der Waals surface area contributed by atoms with E-state index in [1.165, 1.54) is 37.5 Å². The van der Waals surface area contributed by atoms with E-state index in [1.54, 1.807) is 0 Å². The summed E-state index contributed by atoms with van der Waals surface area (Å²) < 4.78 is 46.3. The maximum Gasteiger partial charge on any atom is 0.573 e. The van der Waals surface area contributed by atoms with Gasteiger partial charge in [-0.3, -0.25) is 4.99 Å². The van der Waals surface area contributed by atoms with Gasteiger partial charge in [-0.25, -0.2) is 0 Å². The third-order valence-electron chi connectivity index (χ3n) is 3.89.